The number of hydrogen-bond acceptors (Lipinski definition) is 3. The first-order chi connectivity index (χ1) is 12.0. The maximum Gasteiger partial charge on any atom is 0.274 e. The van der Waals surface area contributed by atoms with E-state index in [1.807, 2.05) is 13.8 Å². The number of benzene rings is 1. The summed E-state index contributed by atoms with van der Waals surface area (Å²) < 4.78 is 5.38. The van der Waals surface area contributed by atoms with Gasteiger partial charge in [0, 0.05) is 0 Å². The Hall–Kier alpha value is -2.36. The summed E-state index contributed by atoms with van der Waals surface area (Å²) in [7, 11) is 0. The van der Waals surface area contributed by atoms with Gasteiger partial charge in [0.2, 0.25) is 0 Å². The van der Waals surface area contributed by atoms with E-state index in [0.29, 0.717) is 11.3 Å². The highest BCUT2D eigenvalue weighted by Crippen LogP contribution is 2.14. The Bertz CT molecular complexity index is 727. The average molecular weight is 340 g/mol. The lowest BCUT2D eigenvalue weighted by molar-refractivity contribution is 0.0953. The number of unbranched alkanes of at least 4 members (excludes halogenated alkanes) is 3. The first-order valence-corrected chi connectivity index (χ1v) is 9.02. The van der Waals surface area contributed by atoms with Crippen LogP contribution >= 0.6 is 0 Å². The van der Waals surface area contributed by atoms with Crippen LogP contribution in [0, 0.1) is 13.8 Å². The summed E-state index contributed by atoms with van der Waals surface area (Å²) in [6.45, 7) is 7.72. The van der Waals surface area contributed by atoms with Gasteiger partial charge in [0.25, 0.3) is 5.91 Å². The van der Waals surface area contributed by atoms with E-state index in [1.165, 1.54) is 31.2 Å². The highest BCUT2D eigenvalue weighted by atomic mass is 16.3. The van der Waals surface area contributed by atoms with Crippen molar-refractivity contribution in [2.75, 3.05) is 0 Å². The van der Waals surface area contributed by atoms with Crippen LogP contribution in [0.4, 0.5) is 0 Å². The maximum atomic E-state index is 12.2. The number of carbonyl (C=O) groups is 1. The minimum Gasteiger partial charge on any atom is -0.466 e. The first-order valence-electron chi connectivity index (χ1n) is 9.02. The summed E-state index contributed by atoms with van der Waals surface area (Å²) in [6.07, 6.45) is 6.21. The predicted molar refractivity (Wildman–Crippen MR) is 102 cm³/mol. The number of furan rings is 1. The van der Waals surface area contributed by atoms with Gasteiger partial charge in [-0.2, -0.15) is 5.10 Å². The van der Waals surface area contributed by atoms with E-state index >= 15 is 0 Å². The van der Waals surface area contributed by atoms with Crippen molar-refractivity contribution < 1.29 is 9.21 Å². The fourth-order valence-electron chi connectivity index (χ4n) is 2.78. The topological polar surface area (TPSA) is 54.6 Å². The zero-order valence-electron chi connectivity index (χ0n) is 15.7. The van der Waals surface area contributed by atoms with Crippen molar-refractivity contribution in [3.05, 3.63) is 58.5 Å². The Morgan fingerprint density at radius 3 is 2.44 bits per heavy atom. The van der Waals surface area contributed by atoms with E-state index in [0.717, 1.165) is 23.5 Å². The van der Waals surface area contributed by atoms with Crippen LogP contribution in [0.5, 0.6) is 0 Å². The molecule has 25 heavy (non-hydrogen) atoms. The largest absolute Gasteiger partial charge is 0.466 e. The predicted octanol–water partition coefficient (Wildman–Crippen LogP) is 5.17. The summed E-state index contributed by atoms with van der Waals surface area (Å²) in [4.78, 5) is 12.2. The average Bonchev–Trinajstić information content (AvgIpc) is 2.95. The van der Waals surface area contributed by atoms with Gasteiger partial charge in [-0.15, -0.1) is 0 Å². The number of aryl methyl sites for hydroxylation is 3. The maximum absolute atomic E-state index is 12.2. The van der Waals surface area contributed by atoms with Crippen molar-refractivity contribution in [1.29, 1.82) is 0 Å². The third-order valence-electron chi connectivity index (χ3n) is 4.30. The van der Waals surface area contributed by atoms with Gasteiger partial charge in [0.05, 0.1) is 11.3 Å². The molecule has 1 heterocycles. The molecule has 0 aliphatic carbocycles. The molecule has 1 N–H and O–H groups in total. The molecule has 0 fully saturated rings. The molecule has 4 heteroatoms. The molecule has 134 valence electrons. The molecule has 0 bridgehead atoms. The highest BCUT2D eigenvalue weighted by molar-refractivity contribution is 6.01. The second kappa shape index (κ2) is 9.21. The minimum atomic E-state index is -0.249. The monoisotopic (exact) mass is 340 g/mol. The number of rotatable bonds is 8. The van der Waals surface area contributed by atoms with Crippen molar-refractivity contribution in [2.24, 2.45) is 5.10 Å². The Balaban J connectivity index is 1.93. The number of carbonyl (C=O) groups excluding carboxylic acids is 1. The summed E-state index contributed by atoms with van der Waals surface area (Å²) in [5.74, 6) is 1.08. The molecule has 0 radical (unpaired) electrons. The molecule has 0 spiro atoms. The first kappa shape index (κ1) is 19.0. The van der Waals surface area contributed by atoms with Crippen molar-refractivity contribution in [3.8, 4) is 0 Å². The van der Waals surface area contributed by atoms with Crippen LogP contribution in [0.2, 0.25) is 0 Å². The molecule has 2 aromatic rings. The molecule has 0 atom stereocenters. The summed E-state index contributed by atoms with van der Waals surface area (Å²) >= 11 is 0. The lowest BCUT2D eigenvalue weighted by atomic mass is 10.0. The Morgan fingerprint density at radius 1 is 1.12 bits per heavy atom. The van der Waals surface area contributed by atoms with Gasteiger partial charge >= 0.3 is 0 Å². The van der Waals surface area contributed by atoms with Crippen molar-refractivity contribution >= 4 is 11.6 Å². The Morgan fingerprint density at radius 2 is 1.84 bits per heavy atom. The molecule has 4 nitrogen and oxygen atoms in total. The van der Waals surface area contributed by atoms with Gasteiger partial charge in [-0.05, 0) is 50.8 Å². The molecule has 0 aliphatic heterocycles. The van der Waals surface area contributed by atoms with Crippen LogP contribution < -0.4 is 5.43 Å². The zero-order chi connectivity index (χ0) is 18.2. The standard InChI is InChI=1S/C21H28N2O2/c1-5-6-7-8-9-18-10-12-19(13-11-18)16(3)22-23-21(24)20-14-15(2)25-17(20)4/h10-14H,5-9H2,1-4H3,(H,23,24)/b22-16-. The lowest BCUT2D eigenvalue weighted by Gasteiger charge is -2.05. The molecule has 1 amide bonds. The fraction of sp³-hybridized carbons (Fsp3) is 0.429. The van der Waals surface area contributed by atoms with Crippen LogP contribution in [-0.2, 0) is 6.42 Å². The van der Waals surface area contributed by atoms with Gasteiger partial charge in [0.1, 0.15) is 11.5 Å². The van der Waals surface area contributed by atoms with Crippen LogP contribution in [0.1, 0.15) is 72.5 Å². The van der Waals surface area contributed by atoms with E-state index < -0.39 is 0 Å². The number of hydrogen-bond donors (Lipinski definition) is 1. The zero-order valence-corrected chi connectivity index (χ0v) is 15.7. The summed E-state index contributed by atoms with van der Waals surface area (Å²) in [6, 6.07) is 10.1. The second-order valence-corrected chi connectivity index (χ2v) is 6.47. The quantitative estimate of drug-likeness (QED) is 0.409. The third kappa shape index (κ3) is 5.59. The van der Waals surface area contributed by atoms with Crippen molar-refractivity contribution in [1.82, 2.24) is 5.43 Å². The number of nitrogens with one attached hydrogen (secondary N) is 1. The SMILES string of the molecule is CCCCCCc1ccc(/C(C)=N\NC(=O)c2cc(C)oc2C)cc1. The van der Waals surface area contributed by atoms with Gasteiger partial charge in [-0.25, -0.2) is 5.43 Å². The van der Waals surface area contributed by atoms with E-state index in [9.17, 15) is 4.79 Å². The van der Waals surface area contributed by atoms with Gasteiger partial charge in [0.15, 0.2) is 0 Å². The highest BCUT2D eigenvalue weighted by Gasteiger charge is 2.12. The minimum absolute atomic E-state index is 0.249. The molecule has 0 saturated heterocycles. The Labute approximate surface area is 150 Å². The van der Waals surface area contributed by atoms with Gasteiger partial charge < -0.3 is 4.42 Å². The molecular formula is C21H28N2O2. The summed E-state index contributed by atoms with van der Waals surface area (Å²) in [5, 5.41) is 4.21. The third-order valence-corrected chi connectivity index (χ3v) is 4.30. The molecular weight excluding hydrogens is 312 g/mol. The smallest absolute Gasteiger partial charge is 0.274 e. The lowest BCUT2D eigenvalue weighted by Crippen LogP contribution is -2.19. The van der Waals surface area contributed by atoms with E-state index in [2.05, 4.69) is 41.7 Å². The van der Waals surface area contributed by atoms with Crippen molar-refractivity contribution in [2.45, 2.75) is 59.8 Å². The van der Waals surface area contributed by atoms with Gasteiger partial charge in [-0.3, -0.25) is 4.79 Å². The summed E-state index contributed by atoms with van der Waals surface area (Å²) in [5.41, 5.74) is 6.27. The van der Waals surface area contributed by atoms with Crippen LogP contribution in [0.3, 0.4) is 0 Å². The molecule has 0 unspecified atom stereocenters. The number of hydrazone groups is 1. The normalized spacial score (nSPS) is 11.6. The van der Waals surface area contributed by atoms with E-state index in [4.69, 9.17) is 4.42 Å². The molecule has 1 aromatic heterocycles. The van der Waals surface area contributed by atoms with Crippen LogP contribution in [0.25, 0.3) is 0 Å². The van der Waals surface area contributed by atoms with Crippen molar-refractivity contribution in [3.63, 3.8) is 0 Å². The van der Waals surface area contributed by atoms with Crippen LogP contribution in [0.15, 0.2) is 39.9 Å². The Kier molecular flexibility index (Phi) is 6.99. The van der Waals surface area contributed by atoms with Crippen LogP contribution in [-0.4, -0.2) is 11.6 Å². The van der Waals surface area contributed by atoms with E-state index in [-0.39, 0.29) is 5.91 Å². The number of amides is 1. The van der Waals surface area contributed by atoms with Gasteiger partial charge in [-0.1, -0.05) is 50.5 Å². The molecule has 0 aliphatic rings. The molecule has 1 aromatic carbocycles. The fourth-order valence-corrected chi connectivity index (χ4v) is 2.78. The second-order valence-electron chi connectivity index (χ2n) is 6.47. The number of nitrogens with zero attached hydrogens (tertiary/aromatic N) is 1. The molecule has 2 rings (SSSR count). The van der Waals surface area contributed by atoms with E-state index in [1.54, 1.807) is 13.0 Å². The molecule has 0 saturated carbocycles.